The number of anilines is 1. The highest BCUT2D eigenvalue weighted by Crippen LogP contribution is 2.26. The molecule has 1 aliphatic rings. The number of hydrogen-bond acceptors (Lipinski definition) is 3. The maximum Gasteiger partial charge on any atom is 0.115 e. The highest BCUT2D eigenvalue weighted by molar-refractivity contribution is 5.50. The van der Waals surface area contributed by atoms with Crippen molar-refractivity contribution < 1.29 is 5.11 Å². The van der Waals surface area contributed by atoms with Gasteiger partial charge in [-0.3, -0.25) is 0 Å². The van der Waals surface area contributed by atoms with Crippen molar-refractivity contribution in [1.29, 1.82) is 0 Å². The zero-order chi connectivity index (χ0) is 9.97. The minimum atomic E-state index is 0.317. The first-order valence-electron chi connectivity index (χ1n) is 5.07. The lowest BCUT2D eigenvalue weighted by Gasteiger charge is -2.25. The van der Waals surface area contributed by atoms with Crippen molar-refractivity contribution in [2.24, 2.45) is 5.73 Å². The molecule has 1 saturated heterocycles. The summed E-state index contributed by atoms with van der Waals surface area (Å²) < 4.78 is 0. The highest BCUT2D eigenvalue weighted by Gasteiger charge is 2.22. The van der Waals surface area contributed by atoms with Crippen molar-refractivity contribution in [2.75, 3.05) is 18.0 Å². The van der Waals surface area contributed by atoms with Crippen LogP contribution in [0.4, 0.5) is 5.69 Å². The van der Waals surface area contributed by atoms with Gasteiger partial charge in [-0.1, -0.05) is 0 Å². The molecule has 0 amide bonds. The van der Waals surface area contributed by atoms with E-state index in [1.54, 1.807) is 12.1 Å². The zero-order valence-corrected chi connectivity index (χ0v) is 8.19. The predicted molar refractivity (Wildman–Crippen MR) is 57.5 cm³/mol. The van der Waals surface area contributed by atoms with Crippen LogP contribution in [-0.2, 0) is 0 Å². The summed E-state index contributed by atoms with van der Waals surface area (Å²) in [5, 5.41) is 9.18. The fourth-order valence-electron chi connectivity index (χ4n) is 2.06. The standard InChI is InChI=1S/C11H16N2O/c12-8-10-2-1-7-13(10)9-3-5-11(14)6-4-9/h3-6,10,14H,1-2,7-8,12H2/t10-/m1/s1. The van der Waals surface area contributed by atoms with Crippen molar-refractivity contribution in [1.82, 2.24) is 0 Å². The summed E-state index contributed by atoms with van der Waals surface area (Å²) in [6.45, 7) is 1.79. The topological polar surface area (TPSA) is 49.5 Å². The van der Waals surface area contributed by atoms with Gasteiger partial charge in [0.15, 0.2) is 0 Å². The van der Waals surface area contributed by atoms with Gasteiger partial charge in [-0.05, 0) is 37.1 Å². The Balaban J connectivity index is 2.17. The fourth-order valence-corrected chi connectivity index (χ4v) is 2.06. The van der Waals surface area contributed by atoms with Crippen LogP contribution in [0.2, 0.25) is 0 Å². The van der Waals surface area contributed by atoms with Gasteiger partial charge in [0, 0.05) is 24.8 Å². The van der Waals surface area contributed by atoms with Gasteiger partial charge in [-0.15, -0.1) is 0 Å². The molecule has 2 rings (SSSR count). The average Bonchev–Trinajstić information content (AvgIpc) is 2.67. The summed E-state index contributed by atoms with van der Waals surface area (Å²) in [5.74, 6) is 0.317. The monoisotopic (exact) mass is 192 g/mol. The first-order valence-corrected chi connectivity index (χ1v) is 5.07. The van der Waals surface area contributed by atoms with Crippen LogP contribution in [0, 0.1) is 0 Å². The van der Waals surface area contributed by atoms with Crippen LogP contribution >= 0.6 is 0 Å². The molecule has 1 aliphatic heterocycles. The summed E-state index contributed by atoms with van der Waals surface area (Å²) in [6.07, 6.45) is 2.39. The molecule has 0 saturated carbocycles. The van der Waals surface area contributed by atoms with E-state index in [1.165, 1.54) is 12.8 Å². The first-order chi connectivity index (χ1) is 6.81. The average molecular weight is 192 g/mol. The predicted octanol–water partition coefficient (Wildman–Crippen LogP) is 1.32. The van der Waals surface area contributed by atoms with Gasteiger partial charge in [0.2, 0.25) is 0 Å². The number of nitrogens with two attached hydrogens (primary N) is 1. The van der Waals surface area contributed by atoms with Gasteiger partial charge in [-0.2, -0.15) is 0 Å². The Bertz CT molecular complexity index is 297. The molecule has 3 N–H and O–H groups in total. The Labute approximate surface area is 84.1 Å². The molecular formula is C11H16N2O. The molecule has 3 heteroatoms. The molecule has 3 nitrogen and oxygen atoms in total. The zero-order valence-electron chi connectivity index (χ0n) is 8.19. The molecule has 14 heavy (non-hydrogen) atoms. The summed E-state index contributed by atoms with van der Waals surface area (Å²) in [5.41, 5.74) is 6.86. The minimum absolute atomic E-state index is 0.317. The fraction of sp³-hybridized carbons (Fsp3) is 0.455. The number of benzene rings is 1. The molecule has 0 radical (unpaired) electrons. The van der Waals surface area contributed by atoms with Crippen molar-refractivity contribution in [3.63, 3.8) is 0 Å². The second-order valence-electron chi connectivity index (χ2n) is 3.74. The van der Waals surface area contributed by atoms with E-state index in [0.29, 0.717) is 18.3 Å². The van der Waals surface area contributed by atoms with Crippen molar-refractivity contribution in [2.45, 2.75) is 18.9 Å². The Morgan fingerprint density at radius 2 is 2.07 bits per heavy atom. The molecular weight excluding hydrogens is 176 g/mol. The van der Waals surface area contributed by atoms with Crippen LogP contribution in [0.25, 0.3) is 0 Å². The van der Waals surface area contributed by atoms with Crippen LogP contribution in [0.3, 0.4) is 0 Å². The number of phenolic OH excluding ortho intramolecular Hbond substituents is 1. The molecule has 0 aliphatic carbocycles. The summed E-state index contributed by atoms with van der Waals surface area (Å²) in [7, 11) is 0. The number of phenols is 1. The van der Waals surface area contributed by atoms with E-state index in [-0.39, 0.29) is 0 Å². The van der Waals surface area contributed by atoms with E-state index in [1.807, 2.05) is 12.1 Å². The van der Waals surface area contributed by atoms with Crippen LogP contribution in [-0.4, -0.2) is 24.2 Å². The van der Waals surface area contributed by atoms with Crippen LogP contribution in [0.5, 0.6) is 5.75 Å². The Kier molecular flexibility index (Phi) is 2.59. The summed E-state index contributed by atoms with van der Waals surface area (Å²) in [4.78, 5) is 2.32. The summed E-state index contributed by atoms with van der Waals surface area (Å²) in [6, 6.07) is 7.81. The molecule has 1 aromatic carbocycles. The van der Waals surface area contributed by atoms with Gasteiger partial charge in [0.25, 0.3) is 0 Å². The Hall–Kier alpha value is -1.22. The Morgan fingerprint density at radius 3 is 2.71 bits per heavy atom. The van der Waals surface area contributed by atoms with Gasteiger partial charge in [-0.25, -0.2) is 0 Å². The normalized spacial score (nSPS) is 21.5. The van der Waals surface area contributed by atoms with E-state index in [2.05, 4.69) is 4.90 Å². The lowest BCUT2D eigenvalue weighted by Crippen LogP contribution is -2.35. The van der Waals surface area contributed by atoms with Gasteiger partial charge in [0.05, 0.1) is 0 Å². The number of nitrogens with zero attached hydrogens (tertiary/aromatic N) is 1. The number of aromatic hydroxyl groups is 1. The van der Waals surface area contributed by atoms with Gasteiger partial charge >= 0.3 is 0 Å². The smallest absolute Gasteiger partial charge is 0.115 e. The lowest BCUT2D eigenvalue weighted by atomic mass is 10.2. The van der Waals surface area contributed by atoms with Crippen molar-refractivity contribution in [3.8, 4) is 5.75 Å². The molecule has 76 valence electrons. The van der Waals surface area contributed by atoms with E-state index < -0.39 is 0 Å². The molecule has 0 spiro atoms. The third-order valence-corrected chi connectivity index (χ3v) is 2.83. The first kappa shape index (κ1) is 9.34. The highest BCUT2D eigenvalue weighted by atomic mass is 16.3. The third-order valence-electron chi connectivity index (χ3n) is 2.83. The Morgan fingerprint density at radius 1 is 1.36 bits per heavy atom. The molecule has 0 bridgehead atoms. The second kappa shape index (κ2) is 3.88. The van der Waals surface area contributed by atoms with E-state index in [0.717, 1.165) is 12.2 Å². The number of hydrogen-bond donors (Lipinski definition) is 2. The quantitative estimate of drug-likeness (QED) is 0.743. The lowest BCUT2D eigenvalue weighted by molar-refractivity contribution is 0.475. The molecule has 0 aromatic heterocycles. The third kappa shape index (κ3) is 1.68. The van der Waals surface area contributed by atoms with Crippen LogP contribution < -0.4 is 10.6 Å². The maximum absolute atomic E-state index is 9.18. The maximum atomic E-state index is 9.18. The van der Waals surface area contributed by atoms with Crippen molar-refractivity contribution in [3.05, 3.63) is 24.3 Å². The largest absolute Gasteiger partial charge is 0.508 e. The molecule has 1 atom stereocenters. The summed E-state index contributed by atoms with van der Waals surface area (Å²) >= 11 is 0. The van der Waals surface area contributed by atoms with Gasteiger partial charge in [0.1, 0.15) is 5.75 Å². The minimum Gasteiger partial charge on any atom is -0.508 e. The van der Waals surface area contributed by atoms with Gasteiger partial charge < -0.3 is 15.7 Å². The van der Waals surface area contributed by atoms with E-state index in [9.17, 15) is 5.11 Å². The van der Waals surface area contributed by atoms with E-state index >= 15 is 0 Å². The number of rotatable bonds is 2. The second-order valence-corrected chi connectivity index (χ2v) is 3.74. The molecule has 1 aromatic rings. The SMILES string of the molecule is NC[C@H]1CCCN1c1ccc(O)cc1. The van der Waals surface area contributed by atoms with Crippen LogP contribution in [0.15, 0.2) is 24.3 Å². The molecule has 1 heterocycles. The molecule has 1 fully saturated rings. The molecule has 0 unspecified atom stereocenters. The van der Waals surface area contributed by atoms with E-state index in [4.69, 9.17) is 5.73 Å². The van der Waals surface area contributed by atoms with Crippen molar-refractivity contribution >= 4 is 5.69 Å². The van der Waals surface area contributed by atoms with Crippen LogP contribution in [0.1, 0.15) is 12.8 Å².